The standard InChI is InChI=1S/C18H18IN3O5/c1-10-6-11(19)2-3-14(10)21-16-13-7-20-5-4-15(13)27-17(16)18(25)22-26-9-12(24)8-23/h2-7,12,21,23-24H,8-9H2,1H3,(H,22,25)/t12-/m1/s1. The number of hydroxylamine groups is 1. The number of amides is 1. The van der Waals surface area contributed by atoms with Crippen LogP contribution in [0.25, 0.3) is 11.0 Å². The van der Waals surface area contributed by atoms with Crippen LogP contribution in [-0.2, 0) is 4.84 Å². The molecule has 142 valence electrons. The topological polar surface area (TPSA) is 117 Å². The first-order chi connectivity index (χ1) is 13.0. The van der Waals surface area contributed by atoms with Gasteiger partial charge < -0.3 is 19.9 Å². The Bertz CT molecular complexity index is 959. The lowest BCUT2D eigenvalue weighted by molar-refractivity contribution is -0.0302. The first kappa shape index (κ1) is 19.5. The molecule has 0 unspecified atom stereocenters. The van der Waals surface area contributed by atoms with E-state index in [1.165, 1.54) is 0 Å². The summed E-state index contributed by atoms with van der Waals surface area (Å²) in [5.74, 6) is -0.601. The van der Waals surface area contributed by atoms with Gasteiger partial charge in [-0.15, -0.1) is 0 Å². The molecule has 0 bridgehead atoms. The van der Waals surface area contributed by atoms with Gasteiger partial charge in [0, 0.05) is 21.7 Å². The third kappa shape index (κ3) is 4.56. The molecule has 0 radical (unpaired) electrons. The number of halogens is 1. The van der Waals surface area contributed by atoms with Crippen LogP contribution in [0.4, 0.5) is 11.4 Å². The fraction of sp³-hybridized carbons (Fsp3) is 0.222. The van der Waals surface area contributed by atoms with Crippen molar-refractivity contribution in [2.45, 2.75) is 13.0 Å². The number of aliphatic hydroxyl groups is 2. The quantitative estimate of drug-likeness (QED) is 0.302. The summed E-state index contributed by atoms with van der Waals surface area (Å²) in [6, 6.07) is 7.55. The number of benzene rings is 1. The van der Waals surface area contributed by atoms with Crippen LogP contribution in [0.15, 0.2) is 41.1 Å². The number of carbonyl (C=O) groups excluding carboxylic acids is 1. The number of aryl methyl sites for hydroxylation is 1. The van der Waals surface area contributed by atoms with Crippen LogP contribution in [0.5, 0.6) is 0 Å². The van der Waals surface area contributed by atoms with E-state index >= 15 is 0 Å². The average Bonchev–Trinajstić information content (AvgIpc) is 3.02. The van der Waals surface area contributed by atoms with Gasteiger partial charge in [-0.2, -0.15) is 0 Å². The smallest absolute Gasteiger partial charge is 0.312 e. The Hall–Kier alpha value is -2.21. The van der Waals surface area contributed by atoms with Crippen molar-refractivity contribution in [1.29, 1.82) is 0 Å². The number of fused-ring (bicyclic) bond motifs is 1. The molecule has 0 aliphatic rings. The molecule has 3 aromatic rings. The van der Waals surface area contributed by atoms with Crippen molar-refractivity contribution in [3.63, 3.8) is 0 Å². The Kier molecular flexibility index (Phi) is 6.26. The molecule has 4 N–H and O–H groups in total. The third-order valence-corrected chi connectivity index (χ3v) is 4.47. The van der Waals surface area contributed by atoms with Crippen LogP contribution in [0.2, 0.25) is 0 Å². The molecule has 0 aliphatic carbocycles. The molecule has 27 heavy (non-hydrogen) atoms. The van der Waals surface area contributed by atoms with Gasteiger partial charge in [0.25, 0.3) is 0 Å². The fourth-order valence-electron chi connectivity index (χ4n) is 2.43. The molecule has 0 saturated carbocycles. The minimum atomic E-state index is -1.09. The zero-order chi connectivity index (χ0) is 19.4. The highest BCUT2D eigenvalue weighted by molar-refractivity contribution is 14.1. The minimum absolute atomic E-state index is 0.0226. The molecule has 8 nitrogen and oxygen atoms in total. The second kappa shape index (κ2) is 8.65. The van der Waals surface area contributed by atoms with E-state index in [1.807, 2.05) is 25.1 Å². The van der Waals surface area contributed by atoms with E-state index in [2.05, 4.69) is 38.4 Å². The van der Waals surface area contributed by atoms with Gasteiger partial charge in [-0.25, -0.2) is 5.48 Å². The molecular weight excluding hydrogens is 465 g/mol. The van der Waals surface area contributed by atoms with E-state index in [9.17, 15) is 9.90 Å². The highest BCUT2D eigenvalue weighted by atomic mass is 127. The summed E-state index contributed by atoms with van der Waals surface area (Å²) in [6.07, 6.45) is 2.09. The maximum absolute atomic E-state index is 12.5. The molecule has 1 atom stereocenters. The lowest BCUT2D eigenvalue weighted by Gasteiger charge is -2.11. The summed E-state index contributed by atoms with van der Waals surface area (Å²) >= 11 is 2.23. The number of aromatic nitrogens is 1. The summed E-state index contributed by atoms with van der Waals surface area (Å²) in [7, 11) is 0. The van der Waals surface area contributed by atoms with Crippen LogP contribution in [0.3, 0.4) is 0 Å². The van der Waals surface area contributed by atoms with Gasteiger partial charge in [0.15, 0.2) is 0 Å². The van der Waals surface area contributed by atoms with Crippen LogP contribution < -0.4 is 10.8 Å². The Balaban J connectivity index is 1.90. The van der Waals surface area contributed by atoms with Crippen molar-refractivity contribution >= 4 is 50.8 Å². The molecule has 2 heterocycles. The zero-order valence-electron chi connectivity index (χ0n) is 14.4. The summed E-state index contributed by atoms with van der Waals surface area (Å²) in [6.45, 7) is 1.25. The van der Waals surface area contributed by atoms with Crippen molar-refractivity contribution in [1.82, 2.24) is 10.5 Å². The molecule has 2 aromatic heterocycles. The summed E-state index contributed by atoms with van der Waals surface area (Å²) in [5.41, 5.74) is 5.00. The maximum Gasteiger partial charge on any atom is 0.312 e. The van der Waals surface area contributed by atoms with E-state index < -0.39 is 18.6 Å². The third-order valence-electron chi connectivity index (χ3n) is 3.80. The van der Waals surface area contributed by atoms with Crippen LogP contribution in [0, 0.1) is 10.5 Å². The van der Waals surface area contributed by atoms with Gasteiger partial charge in [-0.1, -0.05) is 0 Å². The van der Waals surface area contributed by atoms with E-state index in [0.29, 0.717) is 16.7 Å². The molecule has 1 amide bonds. The molecule has 0 saturated heterocycles. The van der Waals surface area contributed by atoms with Crippen molar-refractivity contribution < 1.29 is 24.3 Å². The van der Waals surface area contributed by atoms with E-state index in [1.54, 1.807) is 18.5 Å². The Morgan fingerprint density at radius 2 is 2.22 bits per heavy atom. The van der Waals surface area contributed by atoms with Crippen molar-refractivity contribution in [2.75, 3.05) is 18.5 Å². The van der Waals surface area contributed by atoms with Crippen LogP contribution in [0.1, 0.15) is 16.1 Å². The molecule has 0 fully saturated rings. The number of hydrogen-bond acceptors (Lipinski definition) is 7. The largest absolute Gasteiger partial charge is 0.448 e. The first-order valence-electron chi connectivity index (χ1n) is 8.10. The molecule has 0 aliphatic heterocycles. The van der Waals surface area contributed by atoms with Crippen LogP contribution in [-0.4, -0.2) is 40.4 Å². The molecule has 1 aromatic carbocycles. The number of pyridine rings is 1. The summed E-state index contributed by atoms with van der Waals surface area (Å²) in [5, 5.41) is 22.0. The molecular formula is C18H18IN3O5. The van der Waals surface area contributed by atoms with Gasteiger partial charge in [0.2, 0.25) is 5.76 Å². The van der Waals surface area contributed by atoms with Gasteiger partial charge in [-0.05, 0) is 59.3 Å². The lowest BCUT2D eigenvalue weighted by Crippen LogP contribution is -2.29. The summed E-state index contributed by atoms with van der Waals surface area (Å²) in [4.78, 5) is 21.5. The SMILES string of the molecule is Cc1cc(I)ccc1Nc1c(C(=O)NOC[C@H](O)CO)oc2ccncc12. The zero-order valence-corrected chi connectivity index (χ0v) is 16.6. The lowest BCUT2D eigenvalue weighted by atomic mass is 10.2. The normalized spacial score (nSPS) is 12.1. The van der Waals surface area contributed by atoms with Crippen molar-refractivity contribution in [3.8, 4) is 0 Å². The Labute approximate surface area is 168 Å². The number of anilines is 2. The van der Waals surface area contributed by atoms with Crippen molar-refractivity contribution in [2.24, 2.45) is 0 Å². The number of carbonyl (C=O) groups is 1. The molecule has 3 rings (SSSR count). The Morgan fingerprint density at radius 3 is 2.96 bits per heavy atom. The van der Waals surface area contributed by atoms with E-state index in [-0.39, 0.29) is 12.4 Å². The second-order valence-corrected chi connectivity index (χ2v) is 7.09. The van der Waals surface area contributed by atoms with Gasteiger partial charge >= 0.3 is 5.91 Å². The van der Waals surface area contributed by atoms with Gasteiger partial charge in [0.1, 0.15) is 24.0 Å². The average molecular weight is 483 g/mol. The highest BCUT2D eigenvalue weighted by Gasteiger charge is 2.22. The van der Waals surface area contributed by atoms with E-state index in [0.717, 1.165) is 14.8 Å². The number of aliphatic hydroxyl groups excluding tert-OH is 2. The number of furan rings is 1. The van der Waals surface area contributed by atoms with Crippen LogP contribution >= 0.6 is 22.6 Å². The van der Waals surface area contributed by atoms with Gasteiger partial charge in [0.05, 0.1) is 12.0 Å². The predicted molar refractivity (Wildman–Crippen MR) is 108 cm³/mol. The molecule has 0 spiro atoms. The maximum atomic E-state index is 12.5. The van der Waals surface area contributed by atoms with Crippen molar-refractivity contribution in [3.05, 3.63) is 51.6 Å². The number of rotatable bonds is 7. The van der Waals surface area contributed by atoms with E-state index in [4.69, 9.17) is 14.4 Å². The first-order valence-corrected chi connectivity index (χ1v) is 9.18. The monoisotopic (exact) mass is 483 g/mol. The number of hydrogen-bond donors (Lipinski definition) is 4. The second-order valence-electron chi connectivity index (χ2n) is 5.84. The Morgan fingerprint density at radius 1 is 1.41 bits per heavy atom. The summed E-state index contributed by atoms with van der Waals surface area (Å²) < 4.78 is 6.77. The van der Waals surface area contributed by atoms with Gasteiger partial charge in [-0.3, -0.25) is 14.6 Å². The fourth-order valence-corrected chi connectivity index (χ4v) is 3.08. The minimum Gasteiger partial charge on any atom is -0.448 e. The predicted octanol–water partition coefficient (Wildman–Crippen LogP) is 2.50. The number of nitrogens with one attached hydrogen (secondary N) is 2. The number of nitrogens with zero attached hydrogens (tertiary/aromatic N) is 1. The molecule has 9 heteroatoms. The highest BCUT2D eigenvalue weighted by Crippen LogP contribution is 2.33.